The molecule has 9 nitrogen and oxygen atoms in total. The molecule has 0 bridgehead atoms. The molecule has 3 aromatic rings. The van der Waals surface area contributed by atoms with Gasteiger partial charge in [0.25, 0.3) is 5.56 Å². The molecule has 1 aliphatic heterocycles. The zero-order chi connectivity index (χ0) is 26.5. The van der Waals surface area contributed by atoms with Crippen molar-refractivity contribution in [3.8, 4) is 23.0 Å². The molecular formula is C27H28N2O7S. The van der Waals surface area contributed by atoms with E-state index in [1.54, 1.807) is 50.6 Å². The Morgan fingerprint density at radius 3 is 2.41 bits per heavy atom. The minimum absolute atomic E-state index is 0.229. The van der Waals surface area contributed by atoms with Crippen LogP contribution in [0.2, 0.25) is 0 Å². The van der Waals surface area contributed by atoms with E-state index in [2.05, 4.69) is 4.99 Å². The summed E-state index contributed by atoms with van der Waals surface area (Å²) < 4.78 is 29.2. The van der Waals surface area contributed by atoms with Crippen molar-refractivity contribution >= 4 is 23.4 Å². The number of benzene rings is 2. The largest absolute Gasteiger partial charge is 0.497 e. The first-order chi connectivity index (χ1) is 17.9. The van der Waals surface area contributed by atoms with Gasteiger partial charge in [0.2, 0.25) is 0 Å². The van der Waals surface area contributed by atoms with Crippen LogP contribution < -0.4 is 33.8 Å². The van der Waals surface area contributed by atoms with Crippen LogP contribution in [0.1, 0.15) is 31.0 Å². The van der Waals surface area contributed by atoms with E-state index in [0.29, 0.717) is 56.7 Å². The summed E-state index contributed by atoms with van der Waals surface area (Å²) in [5.41, 5.74) is 1.26. The quantitative estimate of drug-likeness (QED) is 0.397. The first-order valence-electron chi connectivity index (χ1n) is 11.7. The first-order valence-corrected chi connectivity index (χ1v) is 12.5. The third-order valence-corrected chi connectivity index (χ3v) is 6.73. The second-order valence-electron chi connectivity index (χ2n) is 7.86. The minimum atomic E-state index is -0.770. The maximum absolute atomic E-state index is 13.8. The Kier molecular flexibility index (Phi) is 7.98. The zero-order valence-corrected chi connectivity index (χ0v) is 22.1. The predicted octanol–water partition coefficient (Wildman–Crippen LogP) is 2.83. The van der Waals surface area contributed by atoms with Gasteiger partial charge < -0.3 is 23.7 Å². The third-order valence-electron chi connectivity index (χ3n) is 5.73. The number of hydrogen-bond acceptors (Lipinski definition) is 9. The highest BCUT2D eigenvalue weighted by Crippen LogP contribution is 2.35. The van der Waals surface area contributed by atoms with Crippen molar-refractivity contribution < 1.29 is 28.5 Å². The van der Waals surface area contributed by atoms with Gasteiger partial charge in [-0.15, -0.1) is 0 Å². The van der Waals surface area contributed by atoms with Crippen LogP contribution in [0, 0.1) is 0 Å². The maximum Gasteiger partial charge on any atom is 0.337 e. The molecule has 0 fully saturated rings. The number of methoxy groups -OCH3 is 3. The molecule has 0 amide bonds. The van der Waals surface area contributed by atoms with E-state index in [0.717, 1.165) is 0 Å². The van der Waals surface area contributed by atoms with Crippen LogP contribution >= 0.6 is 11.3 Å². The van der Waals surface area contributed by atoms with Crippen LogP contribution in [0.25, 0.3) is 6.08 Å². The van der Waals surface area contributed by atoms with Gasteiger partial charge >= 0.3 is 5.97 Å². The van der Waals surface area contributed by atoms with Gasteiger partial charge in [-0.05, 0) is 55.8 Å². The van der Waals surface area contributed by atoms with Gasteiger partial charge in [0, 0.05) is 11.8 Å². The van der Waals surface area contributed by atoms with Crippen LogP contribution in [0.5, 0.6) is 23.0 Å². The minimum Gasteiger partial charge on any atom is -0.497 e. The van der Waals surface area contributed by atoms with Gasteiger partial charge in [-0.2, -0.15) is 0 Å². The number of nitrogens with zero attached hydrogens (tertiary/aromatic N) is 2. The summed E-state index contributed by atoms with van der Waals surface area (Å²) in [4.78, 5) is 31.4. The average Bonchev–Trinajstić information content (AvgIpc) is 3.23. The molecule has 0 aliphatic carbocycles. The molecule has 2 heterocycles. The zero-order valence-electron chi connectivity index (χ0n) is 21.3. The molecule has 1 aromatic heterocycles. The van der Waals surface area contributed by atoms with Crippen LogP contribution in [0.4, 0.5) is 0 Å². The highest BCUT2D eigenvalue weighted by atomic mass is 32.1. The van der Waals surface area contributed by atoms with E-state index in [9.17, 15) is 9.59 Å². The number of fused-ring (bicyclic) bond motifs is 1. The Labute approximate surface area is 217 Å². The first kappa shape index (κ1) is 26.0. The van der Waals surface area contributed by atoms with Crippen molar-refractivity contribution in [3.05, 3.63) is 79.0 Å². The van der Waals surface area contributed by atoms with Gasteiger partial charge in [-0.25, -0.2) is 9.79 Å². The lowest BCUT2D eigenvalue weighted by molar-refractivity contribution is -0.136. The molecule has 2 aromatic carbocycles. The topological polar surface area (TPSA) is 97.6 Å². The molecule has 10 heteroatoms. The number of carbonyl (C=O) groups excluding carboxylic acids is 1. The van der Waals surface area contributed by atoms with Crippen molar-refractivity contribution in [2.75, 3.05) is 34.5 Å². The molecular weight excluding hydrogens is 496 g/mol. The molecule has 1 atom stereocenters. The Hall–Kier alpha value is -4.05. The van der Waals surface area contributed by atoms with E-state index in [-0.39, 0.29) is 11.1 Å². The van der Waals surface area contributed by atoms with Gasteiger partial charge in [-0.1, -0.05) is 17.4 Å². The molecule has 4 rings (SSSR count). The lowest BCUT2D eigenvalue weighted by atomic mass is 9.97. The highest BCUT2D eigenvalue weighted by molar-refractivity contribution is 7.07. The summed E-state index contributed by atoms with van der Waals surface area (Å²) in [7, 11) is 4.43. The normalized spacial score (nSPS) is 14.8. The number of ether oxygens (including phenoxy) is 5. The maximum atomic E-state index is 13.8. The van der Waals surface area contributed by atoms with Gasteiger partial charge in [-0.3, -0.25) is 9.36 Å². The Morgan fingerprint density at radius 1 is 1.00 bits per heavy atom. The highest BCUT2D eigenvalue weighted by Gasteiger charge is 2.31. The van der Waals surface area contributed by atoms with E-state index < -0.39 is 12.0 Å². The van der Waals surface area contributed by atoms with Crippen molar-refractivity contribution in [1.82, 2.24) is 4.57 Å². The summed E-state index contributed by atoms with van der Waals surface area (Å²) in [5.74, 6) is 1.74. The summed E-state index contributed by atoms with van der Waals surface area (Å²) in [6, 6.07) is 9.93. The van der Waals surface area contributed by atoms with E-state index in [1.807, 2.05) is 19.9 Å². The van der Waals surface area contributed by atoms with Crippen LogP contribution in [-0.2, 0) is 9.53 Å². The third kappa shape index (κ3) is 5.10. The monoisotopic (exact) mass is 524 g/mol. The Morgan fingerprint density at radius 2 is 1.73 bits per heavy atom. The summed E-state index contributed by atoms with van der Waals surface area (Å²) in [6.45, 7) is 4.65. The van der Waals surface area contributed by atoms with E-state index >= 15 is 0 Å². The predicted molar refractivity (Wildman–Crippen MR) is 139 cm³/mol. The molecule has 37 heavy (non-hydrogen) atoms. The molecule has 0 saturated heterocycles. The smallest absolute Gasteiger partial charge is 0.337 e. The molecule has 0 radical (unpaired) electrons. The van der Waals surface area contributed by atoms with Crippen molar-refractivity contribution in [2.45, 2.75) is 19.9 Å². The van der Waals surface area contributed by atoms with Crippen LogP contribution in [-0.4, -0.2) is 45.1 Å². The summed E-state index contributed by atoms with van der Waals surface area (Å²) in [6.07, 6.45) is 3.18. The number of aromatic nitrogens is 1. The number of hydrogen-bond donors (Lipinski definition) is 0. The lowest BCUT2D eigenvalue weighted by Crippen LogP contribution is -2.39. The van der Waals surface area contributed by atoms with E-state index in [4.69, 9.17) is 23.7 Å². The van der Waals surface area contributed by atoms with Gasteiger partial charge in [0.05, 0.1) is 50.7 Å². The second kappa shape index (κ2) is 11.3. The number of esters is 1. The van der Waals surface area contributed by atoms with Crippen LogP contribution in [0.15, 0.2) is 58.0 Å². The summed E-state index contributed by atoms with van der Waals surface area (Å²) in [5, 5.41) is 0. The van der Waals surface area contributed by atoms with E-state index in [1.165, 1.54) is 29.2 Å². The fourth-order valence-electron chi connectivity index (χ4n) is 4.08. The standard InChI is InChI=1S/C27H28N2O7S/c1-6-35-21-10-8-16(13-22(21)36-7-2)24-19(26(31)34-5)15-28-27-29(24)25(30)23(37-27)14-17-12-18(32-3)9-11-20(17)33-4/h8-15,24H,6-7H2,1-5H3/b23-14+/t24-/m0/s1. The Bertz CT molecular complexity index is 1520. The average molecular weight is 525 g/mol. The molecule has 0 saturated carbocycles. The van der Waals surface area contributed by atoms with Crippen LogP contribution in [0.3, 0.4) is 0 Å². The fourth-order valence-corrected chi connectivity index (χ4v) is 5.04. The van der Waals surface area contributed by atoms with Gasteiger partial charge in [0.15, 0.2) is 16.3 Å². The summed E-state index contributed by atoms with van der Waals surface area (Å²) >= 11 is 1.21. The molecule has 1 aliphatic rings. The number of carbonyl (C=O) groups is 1. The van der Waals surface area contributed by atoms with Gasteiger partial charge in [0.1, 0.15) is 11.5 Å². The molecule has 0 N–H and O–H groups in total. The number of rotatable bonds is 9. The molecule has 0 spiro atoms. The second-order valence-corrected chi connectivity index (χ2v) is 8.87. The lowest BCUT2D eigenvalue weighted by Gasteiger charge is -2.23. The molecule has 0 unspecified atom stereocenters. The van der Waals surface area contributed by atoms with Crippen molar-refractivity contribution in [2.24, 2.45) is 4.99 Å². The molecule has 194 valence electrons. The number of thiazole rings is 1. The Balaban J connectivity index is 1.92. The fraction of sp³-hybridized carbons (Fsp3) is 0.296. The SMILES string of the molecule is CCOc1ccc([C@H]2C(C(=O)OC)=CN=c3s/c(=C/c4cc(OC)ccc4OC)c(=O)n32)cc1OCC. The van der Waals surface area contributed by atoms with Crippen molar-refractivity contribution in [3.63, 3.8) is 0 Å². The van der Waals surface area contributed by atoms with Crippen molar-refractivity contribution in [1.29, 1.82) is 0 Å².